The summed E-state index contributed by atoms with van der Waals surface area (Å²) in [5.41, 5.74) is 1.95. The van der Waals surface area contributed by atoms with E-state index >= 15 is 0 Å². The van der Waals surface area contributed by atoms with E-state index in [1.165, 1.54) is 26.6 Å². The first-order valence-electron chi connectivity index (χ1n) is 11.4. The Morgan fingerprint density at radius 3 is 2.74 bits per heavy atom. The van der Waals surface area contributed by atoms with Crippen molar-refractivity contribution in [2.24, 2.45) is 13.0 Å². The lowest BCUT2D eigenvalue weighted by atomic mass is 9.99. The number of piperidine rings is 1. The van der Waals surface area contributed by atoms with Crippen molar-refractivity contribution in [1.82, 2.24) is 19.1 Å². The summed E-state index contributed by atoms with van der Waals surface area (Å²) in [6, 6.07) is 14.5. The first kappa shape index (κ1) is 24.2. The van der Waals surface area contributed by atoms with Gasteiger partial charge in [0.2, 0.25) is 15.9 Å². The van der Waals surface area contributed by atoms with E-state index in [1.54, 1.807) is 13.1 Å². The Kier molecular flexibility index (Phi) is 7.20. The fraction of sp³-hybridized carbons (Fsp3) is 0.417. The molecule has 0 aliphatic carbocycles. The number of rotatable bonds is 8. The fourth-order valence-corrected chi connectivity index (χ4v) is 5.83. The van der Waals surface area contributed by atoms with Crippen LogP contribution in [0.1, 0.15) is 18.4 Å². The maximum Gasteiger partial charge on any atom is 0.419 e. The molecule has 1 atom stereocenters. The first-order valence-corrected chi connectivity index (χ1v) is 12.8. The predicted octanol–water partition coefficient (Wildman–Crippen LogP) is 1.78. The van der Waals surface area contributed by atoms with Gasteiger partial charge in [0.25, 0.3) is 0 Å². The first-order chi connectivity index (χ1) is 16.3. The Balaban J connectivity index is 1.34. The molecule has 9 nitrogen and oxygen atoms in total. The zero-order valence-corrected chi connectivity index (χ0v) is 20.3. The summed E-state index contributed by atoms with van der Waals surface area (Å²) in [6.07, 6.45) is 1.25. The van der Waals surface area contributed by atoms with Crippen LogP contribution in [0.3, 0.4) is 0 Å². The quantitative estimate of drug-likeness (QED) is 0.521. The molecular weight excluding hydrogens is 456 g/mol. The number of oxazole rings is 1. The molecule has 2 aromatic carbocycles. The van der Waals surface area contributed by atoms with Crippen LogP contribution in [0.2, 0.25) is 0 Å². The molecular formula is C24H30N4O5S. The predicted molar refractivity (Wildman–Crippen MR) is 129 cm³/mol. The number of benzene rings is 2. The van der Waals surface area contributed by atoms with Gasteiger partial charge in [0, 0.05) is 45.8 Å². The lowest BCUT2D eigenvalue weighted by molar-refractivity contribution is -0.126. The van der Waals surface area contributed by atoms with Crippen molar-refractivity contribution in [1.29, 1.82) is 0 Å². The van der Waals surface area contributed by atoms with Gasteiger partial charge in [-0.2, -0.15) is 4.31 Å². The maximum absolute atomic E-state index is 13.2. The number of hydrogen-bond acceptors (Lipinski definition) is 6. The van der Waals surface area contributed by atoms with E-state index in [4.69, 9.17) is 4.42 Å². The summed E-state index contributed by atoms with van der Waals surface area (Å²) in [4.78, 5) is 26.7. The van der Waals surface area contributed by atoms with Crippen molar-refractivity contribution < 1.29 is 17.6 Å². The molecule has 1 aromatic heterocycles. The summed E-state index contributed by atoms with van der Waals surface area (Å²) < 4.78 is 34.3. The summed E-state index contributed by atoms with van der Waals surface area (Å²) in [5, 5.41) is 2.96. The van der Waals surface area contributed by atoms with E-state index in [-0.39, 0.29) is 22.9 Å². The van der Waals surface area contributed by atoms with E-state index < -0.39 is 21.7 Å². The zero-order chi connectivity index (χ0) is 24.3. The standard InChI is InChI=1S/C24H30N4O5S/c1-26(16-18-7-4-3-5-8-18)14-12-25-23(29)19-9-6-13-28(17-19)34(31,32)20-10-11-21-22(15-20)33-24(30)27(21)2/h3-5,7-8,10-11,15,19H,6,9,12-14,16-17H2,1-2H3,(H,25,29)/t19-/m0/s1. The van der Waals surface area contributed by atoms with Crippen LogP contribution in [0.15, 0.2) is 62.6 Å². The molecule has 182 valence electrons. The molecule has 0 radical (unpaired) electrons. The number of hydrogen-bond donors (Lipinski definition) is 1. The van der Waals surface area contributed by atoms with Crippen molar-refractivity contribution in [3.63, 3.8) is 0 Å². The molecule has 1 fully saturated rings. The van der Waals surface area contributed by atoms with Gasteiger partial charge in [0.05, 0.1) is 16.3 Å². The van der Waals surface area contributed by atoms with E-state index in [1.807, 2.05) is 25.2 Å². The van der Waals surface area contributed by atoms with Gasteiger partial charge in [0.1, 0.15) is 0 Å². The molecule has 1 saturated heterocycles. The molecule has 3 aromatic rings. The number of amides is 1. The summed E-state index contributed by atoms with van der Waals surface area (Å²) in [5.74, 6) is -1.08. The lowest BCUT2D eigenvalue weighted by Gasteiger charge is -2.31. The smallest absolute Gasteiger partial charge is 0.408 e. The van der Waals surface area contributed by atoms with Gasteiger partial charge in [-0.15, -0.1) is 0 Å². The zero-order valence-electron chi connectivity index (χ0n) is 19.4. The van der Waals surface area contributed by atoms with Crippen molar-refractivity contribution in [3.8, 4) is 0 Å². The minimum absolute atomic E-state index is 0.0537. The molecule has 0 bridgehead atoms. The number of aryl methyl sites for hydroxylation is 1. The Bertz CT molecular complexity index is 1320. The van der Waals surface area contributed by atoms with E-state index in [0.29, 0.717) is 38.0 Å². The van der Waals surface area contributed by atoms with Crippen molar-refractivity contribution in [2.75, 3.05) is 33.2 Å². The highest BCUT2D eigenvalue weighted by Crippen LogP contribution is 2.26. The Morgan fingerprint density at radius 2 is 1.97 bits per heavy atom. The molecule has 2 heterocycles. The highest BCUT2D eigenvalue weighted by atomic mass is 32.2. The molecule has 1 N–H and O–H groups in total. The fourth-order valence-electron chi connectivity index (χ4n) is 4.29. The van der Waals surface area contributed by atoms with Crippen LogP contribution in [0.4, 0.5) is 0 Å². The Labute approximate surface area is 199 Å². The number of carbonyl (C=O) groups excluding carboxylic acids is 1. The third-order valence-electron chi connectivity index (χ3n) is 6.24. The van der Waals surface area contributed by atoms with Crippen LogP contribution in [-0.4, -0.2) is 61.3 Å². The monoisotopic (exact) mass is 486 g/mol. The number of nitrogens with one attached hydrogen (secondary N) is 1. The van der Waals surface area contributed by atoms with Gasteiger partial charge in [-0.25, -0.2) is 13.2 Å². The second-order valence-electron chi connectivity index (χ2n) is 8.77. The summed E-state index contributed by atoms with van der Waals surface area (Å²) in [6.45, 7) is 2.46. The van der Waals surface area contributed by atoms with Gasteiger partial charge in [-0.3, -0.25) is 9.36 Å². The molecule has 34 heavy (non-hydrogen) atoms. The molecule has 0 saturated carbocycles. The lowest BCUT2D eigenvalue weighted by Crippen LogP contribution is -2.46. The second kappa shape index (κ2) is 10.1. The molecule has 1 aliphatic rings. The van der Waals surface area contributed by atoms with E-state index in [9.17, 15) is 18.0 Å². The third kappa shape index (κ3) is 5.24. The number of aromatic nitrogens is 1. The van der Waals surface area contributed by atoms with E-state index in [0.717, 1.165) is 6.54 Å². The minimum atomic E-state index is -3.82. The number of fused-ring (bicyclic) bond motifs is 1. The minimum Gasteiger partial charge on any atom is -0.408 e. The van der Waals surface area contributed by atoms with Gasteiger partial charge < -0.3 is 14.6 Å². The Hall–Kier alpha value is -2.95. The topological polar surface area (TPSA) is 105 Å². The van der Waals surface area contributed by atoms with Crippen molar-refractivity contribution in [2.45, 2.75) is 24.3 Å². The van der Waals surface area contributed by atoms with E-state index in [2.05, 4.69) is 22.3 Å². The molecule has 0 unspecified atom stereocenters. The largest absolute Gasteiger partial charge is 0.419 e. The van der Waals surface area contributed by atoms with Gasteiger partial charge in [0.15, 0.2) is 5.58 Å². The van der Waals surface area contributed by atoms with Crippen LogP contribution < -0.4 is 11.1 Å². The van der Waals surface area contributed by atoms with Crippen LogP contribution in [0.5, 0.6) is 0 Å². The van der Waals surface area contributed by atoms with Crippen LogP contribution in [0, 0.1) is 5.92 Å². The van der Waals surface area contributed by atoms with Gasteiger partial charge in [-0.05, 0) is 37.6 Å². The normalized spacial score (nSPS) is 17.3. The number of likely N-dealkylation sites (N-methyl/N-ethyl adjacent to an activating group) is 1. The van der Waals surface area contributed by atoms with Crippen LogP contribution in [0.25, 0.3) is 11.1 Å². The molecule has 1 aliphatic heterocycles. The molecule has 0 spiro atoms. The highest BCUT2D eigenvalue weighted by molar-refractivity contribution is 7.89. The van der Waals surface area contributed by atoms with Crippen LogP contribution in [-0.2, 0) is 28.4 Å². The number of carbonyl (C=O) groups is 1. The second-order valence-corrected chi connectivity index (χ2v) is 10.7. The van der Waals surface area contributed by atoms with Crippen molar-refractivity contribution >= 4 is 27.0 Å². The molecule has 10 heteroatoms. The van der Waals surface area contributed by atoms with Crippen molar-refractivity contribution in [3.05, 3.63) is 64.6 Å². The Morgan fingerprint density at radius 1 is 1.21 bits per heavy atom. The maximum atomic E-state index is 13.2. The summed E-state index contributed by atoms with van der Waals surface area (Å²) >= 11 is 0. The third-order valence-corrected chi connectivity index (χ3v) is 8.11. The van der Waals surface area contributed by atoms with Crippen LogP contribution >= 0.6 is 0 Å². The summed E-state index contributed by atoms with van der Waals surface area (Å²) in [7, 11) is -0.253. The molecule has 4 rings (SSSR count). The highest BCUT2D eigenvalue weighted by Gasteiger charge is 2.33. The van der Waals surface area contributed by atoms with Gasteiger partial charge in [-0.1, -0.05) is 30.3 Å². The van der Waals surface area contributed by atoms with Gasteiger partial charge >= 0.3 is 5.76 Å². The average molecular weight is 487 g/mol. The SMILES string of the molecule is CN(CCNC(=O)[C@H]1CCCN(S(=O)(=O)c2ccc3c(c2)oc(=O)n3C)C1)Cc1ccccc1. The number of nitrogens with zero attached hydrogens (tertiary/aromatic N) is 3. The average Bonchev–Trinajstić information content (AvgIpc) is 3.12. The number of sulfonamides is 1. The molecule has 1 amide bonds.